The van der Waals surface area contributed by atoms with Gasteiger partial charge in [0.1, 0.15) is 17.3 Å². The number of likely N-dealkylation sites (tertiary alicyclic amines) is 1. The molecule has 0 aliphatic carbocycles. The first-order valence-corrected chi connectivity index (χ1v) is 10.6. The van der Waals surface area contributed by atoms with Gasteiger partial charge in [-0.15, -0.1) is 0 Å². The maximum atomic E-state index is 13.2. The molecule has 0 spiro atoms. The maximum Gasteiger partial charge on any atom is 0.237 e. The smallest absolute Gasteiger partial charge is 0.237 e. The van der Waals surface area contributed by atoms with Gasteiger partial charge in [-0.25, -0.2) is 4.98 Å². The molecule has 160 valence electrons. The lowest BCUT2D eigenvalue weighted by atomic mass is 10.0. The topological polar surface area (TPSA) is 58.1 Å². The van der Waals surface area contributed by atoms with Gasteiger partial charge in [-0.2, -0.15) is 0 Å². The molecule has 0 saturated carbocycles. The van der Waals surface area contributed by atoms with Crippen LogP contribution in [-0.4, -0.2) is 74.2 Å². The maximum absolute atomic E-state index is 13.2. The van der Waals surface area contributed by atoms with E-state index in [4.69, 9.17) is 9.47 Å². The van der Waals surface area contributed by atoms with Crippen LogP contribution >= 0.6 is 0 Å². The Morgan fingerprint density at radius 1 is 1.07 bits per heavy atom. The van der Waals surface area contributed by atoms with E-state index in [0.29, 0.717) is 6.54 Å². The SMILES string of the molecule is COc1ccc(OC)c([C@H]2CCCN2C(=O)CN2CCN(c3ccccn3)CC2)c1. The minimum absolute atomic E-state index is 0.0392. The van der Waals surface area contributed by atoms with Crippen LogP contribution in [0.4, 0.5) is 5.82 Å². The van der Waals surface area contributed by atoms with E-state index in [2.05, 4.69) is 14.8 Å². The van der Waals surface area contributed by atoms with E-state index >= 15 is 0 Å². The average Bonchev–Trinajstić information content (AvgIpc) is 3.30. The number of methoxy groups -OCH3 is 2. The summed E-state index contributed by atoms with van der Waals surface area (Å²) in [5.74, 6) is 2.79. The van der Waals surface area contributed by atoms with Crippen LogP contribution in [0.2, 0.25) is 0 Å². The number of rotatable bonds is 6. The molecular weight excluding hydrogens is 380 g/mol. The summed E-state index contributed by atoms with van der Waals surface area (Å²) in [4.78, 5) is 24.2. The van der Waals surface area contributed by atoms with Crippen LogP contribution < -0.4 is 14.4 Å². The molecule has 7 nitrogen and oxygen atoms in total. The Morgan fingerprint density at radius 3 is 2.60 bits per heavy atom. The van der Waals surface area contributed by atoms with E-state index in [1.54, 1.807) is 14.2 Å². The first-order valence-electron chi connectivity index (χ1n) is 10.6. The van der Waals surface area contributed by atoms with Crippen molar-refractivity contribution in [3.63, 3.8) is 0 Å². The van der Waals surface area contributed by atoms with Gasteiger partial charge in [-0.05, 0) is 43.2 Å². The molecule has 3 heterocycles. The largest absolute Gasteiger partial charge is 0.497 e. The molecule has 4 rings (SSSR count). The summed E-state index contributed by atoms with van der Waals surface area (Å²) in [6, 6.07) is 11.8. The first-order chi connectivity index (χ1) is 14.7. The highest BCUT2D eigenvalue weighted by Crippen LogP contribution is 2.39. The van der Waals surface area contributed by atoms with E-state index in [1.165, 1.54) is 0 Å². The predicted molar refractivity (Wildman–Crippen MR) is 116 cm³/mol. The summed E-state index contributed by atoms with van der Waals surface area (Å²) in [6.07, 6.45) is 3.78. The molecule has 1 aromatic carbocycles. The zero-order chi connectivity index (χ0) is 20.9. The molecule has 0 bridgehead atoms. The molecule has 0 radical (unpaired) electrons. The minimum Gasteiger partial charge on any atom is -0.497 e. The molecule has 30 heavy (non-hydrogen) atoms. The molecule has 1 aromatic heterocycles. The Kier molecular flexibility index (Phi) is 6.38. The van der Waals surface area contributed by atoms with Crippen molar-refractivity contribution in [2.45, 2.75) is 18.9 Å². The number of nitrogens with zero attached hydrogens (tertiary/aromatic N) is 4. The van der Waals surface area contributed by atoms with E-state index in [-0.39, 0.29) is 11.9 Å². The highest BCUT2D eigenvalue weighted by atomic mass is 16.5. The van der Waals surface area contributed by atoms with E-state index in [9.17, 15) is 4.79 Å². The van der Waals surface area contributed by atoms with Gasteiger partial charge in [0.2, 0.25) is 5.91 Å². The Labute approximate surface area is 178 Å². The van der Waals surface area contributed by atoms with Gasteiger partial charge in [0, 0.05) is 44.5 Å². The first kappa shape index (κ1) is 20.5. The number of carbonyl (C=O) groups excluding carboxylic acids is 1. The van der Waals surface area contributed by atoms with Crippen LogP contribution in [0.25, 0.3) is 0 Å². The normalized spacial score (nSPS) is 19.7. The summed E-state index contributed by atoms with van der Waals surface area (Å²) in [5, 5.41) is 0. The molecule has 2 aliphatic heterocycles. The number of benzene rings is 1. The zero-order valence-electron chi connectivity index (χ0n) is 17.8. The summed E-state index contributed by atoms with van der Waals surface area (Å²) in [7, 11) is 3.33. The number of piperazine rings is 1. The van der Waals surface area contributed by atoms with Gasteiger partial charge >= 0.3 is 0 Å². The number of anilines is 1. The molecule has 0 N–H and O–H groups in total. The fourth-order valence-corrected chi connectivity index (χ4v) is 4.45. The van der Waals surface area contributed by atoms with Gasteiger partial charge in [-0.1, -0.05) is 6.07 Å². The zero-order valence-corrected chi connectivity index (χ0v) is 17.8. The van der Waals surface area contributed by atoms with Crippen LogP contribution in [0, 0.1) is 0 Å². The monoisotopic (exact) mass is 410 g/mol. The van der Waals surface area contributed by atoms with Gasteiger partial charge < -0.3 is 19.3 Å². The van der Waals surface area contributed by atoms with Crippen molar-refractivity contribution in [1.29, 1.82) is 0 Å². The average molecular weight is 411 g/mol. The second-order valence-corrected chi connectivity index (χ2v) is 7.80. The number of pyridine rings is 1. The number of hydrogen-bond donors (Lipinski definition) is 0. The molecule has 1 amide bonds. The lowest BCUT2D eigenvalue weighted by Crippen LogP contribution is -2.50. The molecule has 2 aliphatic rings. The van der Waals surface area contributed by atoms with Crippen LogP contribution in [0.5, 0.6) is 11.5 Å². The fourth-order valence-electron chi connectivity index (χ4n) is 4.45. The third kappa shape index (κ3) is 4.36. The highest BCUT2D eigenvalue weighted by molar-refractivity contribution is 5.79. The van der Waals surface area contributed by atoms with Gasteiger partial charge in [0.15, 0.2) is 0 Å². The molecule has 2 aromatic rings. The van der Waals surface area contributed by atoms with Crippen molar-refractivity contribution in [1.82, 2.24) is 14.8 Å². The Bertz CT molecular complexity index is 853. The van der Waals surface area contributed by atoms with Crippen LogP contribution in [0.15, 0.2) is 42.6 Å². The van der Waals surface area contributed by atoms with Crippen molar-refractivity contribution >= 4 is 11.7 Å². The van der Waals surface area contributed by atoms with Gasteiger partial charge in [0.05, 0.1) is 26.8 Å². The minimum atomic E-state index is 0.0392. The quantitative estimate of drug-likeness (QED) is 0.730. The van der Waals surface area contributed by atoms with Gasteiger partial charge in [-0.3, -0.25) is 9.69 Å². The summed E-state index contributed by atoms with van der Waals surface area (Å²) in [6.45, 7) is 4.75. The number of ether oxygens (including phenoxy) is 2. The summed E-state index contributed by atoms with van der Waals surface area (Å²) in [5.41, 5.74) is 1.03. The van der Waals surface area contributed by atoms with Crippen molar-refractivity contribution in [3.8, 4) is 11.5 Å². The van der Waals surface area contributed by atoms with E-state index in [0.717, 1.165) is 68.4 Å². The van der Waals surface area contributed by atoms with Crippen LogP contribution in [-0.2, 0) is 4.79 Å². The Morgan fingerprint density at radius 2 is 1.90 bits per heavy atom. The number of hydrogen-bond acceptors (Lipinski definition) is 6. The van der Waals surface area contributed by atoms with E-state index < -0.39 is 0 Å². The number of carbonyl (C=O) groups is 1. The van der Waals surface area contributed by atoms with Crippen LogP contribution in [0.1, 0.15) is 24.4 Å². The van der Waals surface area contributed by atoms with Gasteiger partial charge in [0.25, 0.3) is 0 Å². The lowest BCUT2D eigenvalue weighted by Gasteiger charge is -2.36. The third-order valence-electron chi connectivity index (χ3n) is 6.07. The number of amides is 1. The second-order valence-electron chi connectivity index (χ2n) is 7.80. The Hall–Kier alpha value is -2.80. The third-order valence-corrected chi connectivity index (χ3v) is 6.07. The summed E-state index contributed by atoms with van der Waals surface area (Å²) >= 11 is 0. The highest BCUT2D eigenvalue weighted by Gasteiger charge is 2.33. The van der Waals surface area contributed by atoms with E-state index in [1.807, 2.05) is 47.5 Å². The molecule has 2 fully saturated rings. The molecule has 0 unspecified atom stereocenters. The van der Waals surface area contributed by atoms with Crippen molar-refractivity contribution in [3.05, 3.63) is 48.2 Å². The molecule has 1 atom stereocenters. The molecule has 7 heteroatoms. The summed E-state index contributed by atoms with van der Waals surface area (Å²) < 4.78 is 11.0. The fraction of sp³-hybridized carbons (Fsp3) is 0.478. The second kappa shape index (κ2) is 9.34. The van der Waals surface area contributed by atoms with Crippen molar-refractivity contribution in [2.75, 3.05) is 58.4 Å². The lowest BCUT2D eigenvalue weighted by molar-refractivity contribution is -0.133. The van der Waals surface area contributed by atoms with Crippen molar-refractivity contribution in [2.24, 2.45) is 0 Å². The standard InChI is InChI=1S/C23H30N4O3/c1-29-18-8-9-21(30-2)19(16-18)20-6-5-11-27(20)23(28)17-25-12-14-26(15-13-25)22-7-3-4-10-24-22/h3-4,7-10,16,20H,5-6,11-15,17H2,1-2H3/t20-/m1/s1. The van der Waals surface area contributed by atoms with Crippen molar-refractivity contribution < 1.29 is 14.3 Å². The van der Waals surface area contributed by atoms with Crippen LogP contribution in [0.3, 0.4) is 0 Å². The predicted octanol–water partition coefficient (Wildman–Crippen LogP) is 2.58. The number of aromatic nitrogens is 1. The molecule has 2 saturated heterocycles. The Balaban J connectivity index is 1.39. The molecular formula is C23H30N4O3.